The second-order valence-corrected chi connectivity index (χ2v) is 5.45. The van der Waals surface area contributed by atoms with E-state index in [4.69, 9.17) is 0 Å². The van der Waals surface area contributed by atoms with Gasteiger partial charge in [-0.25, -0.2) is 0 Å². The number of aromatic amines is 1. The van der Waals surface area contributed by atoms with E-state index >= 15 is 0 Å². The second-order valence-electron chi connectivity index (χ2n) is 5.45. The summed E-state index contributed by atoms with van der Waals surface area (Å²) in [6, 6.07) is 14.9. The molecule has 0 aliphatic heterocycles. The fraction of sp³-hybridized carbons (Fsp3) is 0.167. The van der Waals surface area contributed by atoms with E-state index in [0.717, 1.165) is 10.9 Å². The lowest BCUT2D eigenvalue weighted by molar-refractivity contribution is -0.0499. The van der Waals surface area contributed by atoms with Crippen LogP contribution in [0, 0.1) is 0 Å². The topological polar surface area (TPSA) is 74.3 Å². The number of H-pyrrole nitrogens is 1. The molecule has 25 heavy (non-hydrogen) atoms. The van der Waals surface area contributed by atoms with Crippen molar-refractivity contribution < 1.29 is 23.4 Å². The number of aromatic nitrogens is 1. The first-order valence-electron chi connectivity index (χ1n) is 7.62. The standard InChI is InChI=1S/C18H16F2N2O3/c19-18(20)25-13-6-3-5-12(8-13)16(23)10-21-17(24)15-9-11-4-1-2-7-14(11)22-15/h1-9,16,18,22-23H,10H2,(H,21,24). The molecule has 0 radical (unpaired) electrons. The van der Waals surface area contributed by atoms with Crippen LogP contribution in [0.15, 0.2) is 54.6 Å². The van der Waals surface area contributed by atoms with E-state index in [1.165, 1.54) is 18.2 Å². The maximum Gasteiger partial charge on any atom is 0.387 e. The number of rotatable bonds is 6. The number of para-hydroxylation sites is 1. The van der Waals surface area contributed by atoms with Crippen molar-refractivity contribution in [1.29, 1.82) is 0 Å². The van der Waals surface area contributed by atoms with Gasteiger partial charge in [-0.1, -0.05) is 30.3 Å². The number of fused-ring (bicyclic) bond motifs is 1. The molecular formula is C18H16F2N2O3. The molecule has 1 unspecified atom stereocenters. The summed E-state index contributed by atoms with van der Waals surface area (Å²) in [6.45, 7) is -3.00. The molecule has 0 aliphatic carbocycles. The van der Waals surface area contributed by atoms with E-state index < -0.39 is 12.7 Å². The average molecular weight is 346 g/mol. The molecule has 3 aromatic rings. The van der Waals surface area contributed by atoms with Gasteiger partial charge >= 0.3 is 6.61 Å². The average Bonchev–Trinajstić information content (AvgIpc) is 3.03. The maximum atomic E-state index is 12.2. The van der Waals surface area contributed by atoms with Gasteiger partial charge in [-0.05, 0) is 29.8 Å². The third-order valence-electron chi connectivity index (χ3n) is 3.70. The molecule has 1 amide bonds. The third kappa shape index (κ3) is 4.13. The van der Waals surface area contributed by atoms with Crippen LogP contribution in [0.5, 0.6) is 5.75 Å². The van der Waals surface area contributed by atoms with Gasteiger partial charge in [0.2, 0.25) is 0 Å². The van der Waals surface area contributed by atoms with Gasteiger partial charge in [0.1, 0.15) is 11.4 Å². The predicted molar refractivity (Wildman–Crippen MR) is 88.7 cm³/mol. The van der Waals surface area contributed by atoms with Crippen molar-refractivity contribution in [3.63, 3.8) is 0 Å². The van der Waals surface area contributed by atoms with Crippen molar-refractivity contribution in [3.8, 4) is 5.75 Å². The number of aliphatic hydroxyl groups is 1. The van der Waals surface area contributed by atoms with Crippen molar-refractivity contribution in [2.75, 3.05) is 6.54 Å². The van der Waals surface area contributed by atoms with Crippen molar-refractivity contribution >= 4 is 16.8 Å². The smallest absolute Gasteiger partial charge is 0.387 e. The van der Waals surface area contributed by atoms with Crippen molar-refractivity contribution in [3.05, 3.63) is 65.9 Å². The SMILES string of the molecule is O=C(NCC(O)c1cccc(OC(F)F)c1)c1cc2ccccc2[nH]1. The number of benzene rings is 2. The van der Waals surface area contributed by atoms with Crippen LogP contribution in [0.25, 0.3) is 10.9 Å². The zero-order chi connectivity index (χ0) is 17.8. The van der Waals surface area contributed by atoms with E-state index in [1.54, 1.807) is 12.1 Å². The Bertz CT molecular complexity index is 846. The van der Waals surface area contributed by atoms with E-state index in [1.807, 2.05) is 24.3 Å². The minimum absolute atomic E-state index is 0.0477. The molecule has 5 nitrogen and oxygen atoms in total. The highest BCUT2D eigenvalue weighted by Crippen LogP contribution is 2.21. The Kier molecular flexibility index (Phi) is 4.95. The first kappa shape index (κ1) is 16.9. The van der Waals surface area contributed by atoms with Crippen LogP contribution in [0.1, 0.15) is 22.2 Å². The summed E-state index contributed by atoms with van der Waals surface area (Å²) in [6.07, 6.45) is -1.05. The summed E-state index contributed by atoms with van der Waals surface area (Å²) in [5, 5.41) is 13.7. The molecular weight excluding hydrogens is 330 g/mol. The summed E-state index contributed by atoms with van der Waals surface area (Å²) >= 11 is 0. The normalized spacial score (nSPS) is 12.3. The molecule has 1 heterocycles. The van der Waals surface area contributed by atoms with Crippen LogP contribution in [0.3, 0.4) is 0 Å². The number of carbonyl (C=O) groups is 1. The van der Waals surface area contributed by atoms with Crippen molar-refractivity contribution in [2.45, 2.75) is 12.7 Å². The lowest BCUT2D eigenvalue weighted by Gasteiger charge is -2.13. The summed E-state index contributed by atoms with van der Waals surface area (Å²) in [5.41, 5.74) is 1.59. The Balaban J connectivity index is 1.63. The van der Waals surface area contributed by atoms with Gasteiger partial charge < -0.3 is 20.1 Å². The molecule has 0 fully saturated rings. The van der Waals surface area contributed by atoms with Crippen molar-refractivity contribution in [2.24, 2.45) is 0 Å². The molecule has 3 N–H and O–H groups in total. The molecule has 2 aromatic carbocycles. The molecule has 0 saturated heterocycles. The first-order chi connectivity index (χ1) is 12.0. The van der Waals surface area contributed by atoms with Crippen LogP contribution in [-0.4, -0.2) is 29.2 Å². The van der Waals surface area contributed by atoms with Gasteiger partial charge in [-0.3, -0.25) is 4.79 Å². The lowest BCUT2D eigenvalue weighted by atomic mass is 10.1. The van der Waals surface area contributed by atoms with Gasteiger partial charge in [-0.15, -0.1) is 0 Å². The maximum absolute atomic E-state index is 12.2. The van der Waals surface area contributed by atoms with Crippen LogP contribution < -0.4 is 10.1 Å². The fourth-order valence-electron chi connectivity index (χ4n) is 2.50. The van der Waals surface area contributed by atoms with Gasteiger partial charge in [-0.2, -0.15) is 8.78 Å². The van der Waals surface area contributed by atoms with E-state index in [-0.39, 0.29) is 18.2 Å². The van der Waals surface area contributed by atoms with Gasteiger partial charge in [0.05, 0.1) is 6.10 Å². The quantitative estimate of drug-likeness (QED) is 0.641. The Labute approximate surface area is 142 Å². The zero-order valence-corrected chi connectivity index (χ0v) is 13.1. The number of aliphatic hydroxyl groups excluding tert-OH is 1. The predicted octanol–water partition coefficient (Wildman–Crippen LogP) is 3.23. The molecule has 1 aromatic heterocycles. The molecule has 0 bridgehead atoms. The van der Waals surface area contributed by atoms with Crippen LogP contribution in [0.4, 0.5) is 8.78 Å². The second kappa shape index (κ2) is 7.31. The number of alkyl halides is 2. The number of amides is 1. The minimum Gasteiger partial charge on any atom is -0.435 e. The Hall–Kier alpha value is -2.93. The number of carbonyl (C=O) groups excluding carboxylic acids is 1. The Morgan fingerprint density at radius 3 is 2.72 bits per heavy atom. The van der Waals surface area contributed by atoms with Crippen LogP contribution in [-0.2, 0) is 0 Å². The molecule has 0 aliphatic rings. The van der Waals surface area contributed by atoms with E-state index in [2.05, 4.69) is 15.0 Å². The molecule has 7 heteroatoms. The molecule has 3 rings (SSSR count). The van der Waals surface area contributed by atoms with Gasteiger partial charge in [0.25, 0.3) is 5.91 Å². The molecule has 0 spiro atoms. The number of halogens is 2. The molecule has 130 valence electrons. The van der Waals surface area contributed by atoms with E-state index in [9.17, 15) is 18.7 Å². The van der Waals surface area contributed by atoms with E-state index in [0.29, 0.717) is 11.3 Å². The third-order valence-corrected chi connectivity index (χ3v) is 3.70. The van der Waals surface area contributed by atoms with Gasteiger partial charge in [0, 0.05) is 17.4 Å². The molecule has 0 saturated carbocycles. The monoisotopic (exact) mass is 346 g/mol. The summed E-state index contributed by atoms with van der Waals surface area (Å²) < 4.78 is 28.8. The highest BCUT2D eigenvalue weighted by Gasteiger charge is 2.14. The number of ether oxygens (including phenoxy) is 1. The highest BCUT2D eigenvalue weighted by molar-refractivity contribution is 5.97. The zero-order valence-electron chi connectivity index (χ0n) is 13.1. The Morgan fingerprint density at radius 2 is 1.96 bits per heavy atom. The number of hydrogen-bond acceptors (Lipinski definition) is 3. The highest BCUT2D eigenvalue weighted by atomic mass is 19.3. The summed E-state index contributed by atoms with van der Waals surface area (Å²) in [4.78, 5) is 15.2. The first-order valence-corrected chi connectivity index (χ1v) is 7.62. The summed E-state index contributed by atoms with van der Waals surface area (Å²) in [5.74, 6) is -0.413. The number of nitrogens with one attached hydrogen (secondary N) is 2. The van der Waals surface area contributed by atoms with Crippen LogP contribution >= 0.6 is 0 Å². The van der Waals surface area contributed by atoms with Crippen LogP contribution in [0.2, 0.25) is 0 Å². The fourth-order valence-corrected chi connectivity index (χ4v) is 2.50. The van der Waals surface area contributed by atoms with Crippen molar-refractivity contribution in [1.82, 2.24) is 10.3 Å². The summed E-state index contributed by atoms with van der Waals surface area (Å²) in [7, 11) is 0. The van der Waals surface area contributed by atoms with Gasteiger partial charge in [0.15, 0.2) is 0 Å². The molecule has 1 atom stereocenters. The Morgan fingerprint density at radius 1 is 1.16 bits per heavy atom. The minimum atomic E-state index is -2.94. The lowest BCUT2D eigenvalue weighted by Crippen LogP contribution is -2.28. The largest absolute Gasteiger partial charge is 0.435 e. The number of hydrogen-bond donors (Lipinski definition) is 3.